The first-order valence-corrected chi connectivity index (χ1v) is 4.45. The summed E-state index contributed by atoms with van der Waals surface area (Å²) in [5.74, 6) is 0. The third-order valence-electron chi connectivity index (χ3n) is 2.14. The van der Waals surface area contributed by atoms with Gasteiger partial charge in [-0.3, -0.25) is 0 Å². The molecule has 0 aliphatic rings. The topological polar surface area (TPSA) is 89.4 Å². The van der Waals surface area contributed by atoms with E-state index in [-0.39, 0.29) is 0 Å². The van der Waals surface area contributed by atoms with E-state index in [4.69, 9.17) is 16.3 Å². The standard InChI is InChI=1S/C10H12N4/c11-4-1-2-8-7-14-10(6-13)9(8)3-5-12/h7,14H,1-3,6,13H2. The van der Waals surface area contributed by atoms with Gasteiger partial charge in [-0.15, -0.1) is 0 Å². The molecular formula is C10H12N4. The van der Waals surface area contributed by atoms with Crippen LogP contribution in [0.4, 0.5) is 0 Å². The molecule has 0 aromatic carbocycles. The molecule has 4 heteroatoms. The summed E-state index contributed by atoms with van der Waals surface area (Å²) in [5.41, 5.74) is 8.42. The molecule has 1 aromatic rings. The zero-order valence-electron chi connectivity index (χ0n) is 7.88. The maximum absolute atomic E-state index is 8.64. The van der Waals surface area contributed by atoms with Gasteiger partial charge in [-0.25, -0.2) is 0 Å². The van der Waals surface area contributed by atoms with Crippen LogP contribution in [0.5, 0.6) is 0 Å². The van der Waals surface area contributed by atoms with E-state index in [0.717, 1.165) is 16.8 Å². The van der Waals surface area contributed by atoms with Crippen LogP contribution >= 0.6 is 0 Å². The van der Waals surface area contributed by atoms with Crippen molar-refractivity contribution in [3.05, 3.63) is 23.0 Å². The van der Waals surface area contributed by atoms with Gasteiger partial charge < -0.3 is 10.7 Å². The van der Waals surface area contributed by atoms with Crippen molar-refractivity contribution in [1.29, 1.82) is 10.5 Å². The van der Waals surface area contributed by atoms with Gasteiger partial charge in [0, 0.05) is 24.9 Å². The van der Waals surface area contributed by atoms with E-state index in [9.17, 15) is 0 Å². The molecule has 1 heterocycles. The van der Waals surface area contributed by atoms with Gasteiger partial charge >= 0.3 is 0 Å². The molecule has 72 valence electrons. The zero-order valence-corrected chi connectivity index (χ0v) is 7.88. The number of aryl methyl sites for hydroxylation is 1. The third kappa shape index (κ3) is 2.12. The monoisotopic (exact) mass is 188 g/mol. The molecule has 0 radical (unpaired) electrons. The first-order chi connectivity index (χ1) is 6.83. The molecule has 4 nitrogen and oxygen atoms in total. The molecule has 0 unspecified atom stereocenters. The van der Waals surface area contributed by atoms with Crippen LogP contribution in [0.3, 0.4) is 0 Å². The zero-order chi connectivity index (χ0) is 10.4. The minimum atomic E-state index is 0.358. The van der Waals surface area contributed by atoms with Crippen LogP contribution in [0, 0.1) is 22.7 Å². The molecule has 1 rings (SSSR count). The van der Waals surface area contributed by atoms with Crippen molar-refractivity contribution in [3.63, 3.8) is 0 Å². The van der Waals surface area contributed by atoms with Crippen molar-refractivity contribution in [2.45, 2.75) is 25.8 Å². The summed E-state index contributed by atoms with van der Waals surface area (Å²) in [6.07, 6.45) is 3.35. The van der Waals surface area contributed by atoms with E-state index in [0.29, 0.717) is 25.8 Å². The van der Waals surface area contributed by atoms with Gasteiger partial charge in [0.15, 0.2) is 0 Å². The number of aromatic amines is 1. The SMILES string of the molecule is N#CCCc1c[nH]c(CN)c1CC#N. The summed E-state index contributed by atoms with van der Waals surface area (Å²) in [5, 5.41) is 17.1. The van der Waals surface area contributed by atoms with E-state index >= 15 is 0 Å². The number of nitrogens with two attached hydrogens (primary N) is 1. The van der Waals surface area contributed by atoms with Crippen molar-refractivity contribution >= 4 is 0 Å². The average molecular weight is 188 g/mol. The normalized spacial score (nSPS) is 9.36. The van der Waals surface area contributed by atoms with Crippen molar-refractivity contribution in [3.8, 4) is 12.1 Å². The van der Waals surface area contributed by atoms with Crippen LogP contribution in [0.1, 0.15) is 23.2 Å². The highest BCUT2D eigenvalue weighted by molar-refractivity contribution is 5.33. The lowest BCUT2D eigenvalue weighted by atomic mass is 10.0. The quantitative estimate of drug-likeness (QED) is 0.738. The molecule has 1 aromatic heterocycles. The van der Waals surface area contributed by atoms with Crippen LogP contribution in [-0.2, 0) is 19.4 Å². The molecule has 0 atom stereocenters. The Morgan fingerprint density at radius 3 is 2.71 bits per heavy atom. The fourth-order valence-corrected chi connectivity index (χ4v) is 1.44. The largest absolute Gasteiger partial charge is 0.363 e. The number of H-pyrrole nitrogens is 1. The van der Waals surface area contributed by atoms with Crippen LogP contribution in [0.25, 0.3) is 0 Å². The van der Waals surface area contributed by atoms with E-state index < -0.39 is 0 Å². The second kappa shape index (κ2) is 5.06. The molecule has 3 N–H and O–H groups in total. The fraction of sp³-hybridized carbons (Fsp3) is 0.400. The number of hydrogen-bond donors (Lipinski definition) is 2. The van der Waals surface area contributed by atoms with Crippen molar-refractivity contribution < 1.29 is 0 Å². The van der Waals surface area contributed by atoms with Gasteiger partial charge in [0.25, 0.3) is 0 Å². The summed E-state index contributed by atoms with van der Waals surface area (Å²) in [4.78, 5) is 3.03. The van der Waals surface area contributed by atoms with Crippen molar-refractivity contribution in [2.75, 3.05) is 0 Å². The average Bonchev–Trinajstić information content (AvgIpc) is 2.58. The molecule has 0 saturated carbocycles. The number of hydrogen-bond acceptors (Lipinski definition) is 3. The second-order valence-corrected chi connectivity index (χ2v) is 2.97. The van der Waals surface area contributed by atoms with Crippen LogP contribution < -0.4 is 5.73 Å². The Labute approximate surface area is 83.0 Å². The summed E-state index contributed by atoms with van der Waals surface area (Å²) in [7, 11) is 0. The Morgan fingerprint density at radius 1 is 1.36 bits per heavy atom. The summed E-state index contributed by atoms with van der Waals surface area (Å²) < 4.78 is 0. The molecule has 0 bridgehead atoms. The van der Waals surface area contributed by atoms with Crippen LogP contribution in [0.15, 0.2) is 6.20 Å². The maximum atomic E-state index is 8.64. The van der Waals surface area contributed by atoms with E-state index in [2.05, 4.69) is 17.1 Å². The predicted molar refractivity (Wildman–Crippen MR) is 51.9 cm³/mol. The molecule has 0 saturated heterocycles. The Hall–Kier alpha value is -1.78. The third-order valence-corrected chi connectivity index (χ3v) is 2.14. The first-order valence-electron chi connectivity index (χ1n) is 4.45. The number of aromatic nitrogens is 1. The van der Waals surface area contributed by atoms with Crippen LogP contribution in [-0.4, -0.2) is 4.98 Å². The van der Waals surface area contributed by atoms with E-state index in [1.165, 1.54) is 0 Å². The van der Waals surface area contributed by atoms with E-state index in [1.54, 1.807) is 0 Å². The minimum absolute atomic E-state index is 0.358. The highest BCUT2D eigenvalue weighted by Crippen LogP contribution is 2.16. The van der Waals surface area contributed by atoms with Gasteiger partial charge in [0.05, 0.1) is 18.6 Å². The van der Waals surface area contributed by atoms with Gasteiger partial charge in [-0.2, -0.15) is 10.5 Å². The Kier molecular flexibility index (Phi) is 3.72. The Morgan fingerprint density at radius 2 is 2.14 bits per heavy atom. The molecule has 0 spiro atoms. The Bertz CT molecular complexity index is 378. The molecular weight excluding hydrogens is 176 g/mol. The highest BCUT2D eigenvalue weighted by Gasteiger charge is 2.08. The number of nitriles is 2. The predicted octanol–water partition coefficient (Wildman–Crippen LogP) is 0.996. The first kappa shape index (κ1) is 10.3. The fourth-order valence-electron chi connectivity index (χ4n) is 1.44. The second-order valence-electron chi connectivity index (χ2n) is 2.97. The number of nitrogens with zero attached hydrogens (tertiary/aromatic N) is 2. The van der Waals surface area contributed by atoms with Crippen LogP contribution in [0.2, 0.25) is 0 Å². The number of nitrogens with one attached hydrogen (secondary N) is 1. The maximum Gasteiger partial charge on any atom is 0.0670 e. The molecule has 14 heavy (non-hydrogen) atoms. The van der Waals surface area contributed by atoms with Gasteiger partial charge in [0.2, 0.25) is 0 Å². The Balaban J connectivity index is 2.88. The molecule has 0 fully saturated rings. The number of rotatable bonds is 4. The summed E-state index contributed by atoms with van der Waals surface area (Å²) in [6.45, 7) is 0.406. The lowest BCUT2D eigenvalue weighted by molar-refractivity contribution is 0.965. The smallest absolute Gasteiger partial charge is 0.0670 e. The summed E-state index contributed by atoms with van der Waals surface area (Å²) >= 11 is 0. The highest BCUT2D eigenvalue weighted by atomic mass is 14.7. The van der Waals surface area contributed by atoms with E-state index in [1.807, 2.05) is 6.20 Å². The van der Waals surface area contributed by atoms with Crippen molar-refractivity contribution in [1.82, 2.24) is 4.98 Å². The lowest BCUT2D eigenvalue weighted by Crippen LogP contribution is -2.01. The van der Waals surface area contributed by atoms with Gasteiger partial charge in [0.1, 0.15) is 0 Å². The molecule has 0 amide bonds. The molecule has 0 aliphatic carbocycles. The molecule has 0 aliphatic heterocycles. The lowest BCUT2D eigenvalue weighted by Gasteiger charge is -1.99. The minimum Gasteiger partial charge on any atom is -0.363 e. The van der Waals surface area contributed by atoms with Crippen molar-refractivity contribution in [2.24, 2.45) is 5.73 Å². The van der Waals surface area contributed by atoms with Gasteiger partial charge in [-0.1, -0.05) is 0 Å². The van der Waals surface area contributed by atoms with Gasteiger partial charge in [-0.05, 0) is 17.5 Å². The summed E-state index contributed by atoms with van der Waals surface area (Å²) in [6, 6.07) is 4.19.